The monoisotopic (exact) mass is 428 g/mol. The number of likely N-dealkylation sites (N-methyl/N-ethyl adjacent to an activating group) is 1. The maximum atomic E-state index is 13.7. The lowest BCUT2D eigenvalue weighted by Gasteiger charge is -2.23. The Kier molecular flexibility index (Phi) is 4.70. The van der Waals surface area contributed by atoms with Gasteiger partial charge in [-0.05, 0) is 31.8 Å². The molecule has 0 N–H and O–H groups in total. The summed E-state index contributed by atoms with van der Waals surface area (Å²) in [4.78, 5) is 17.5. The molecule has 0 atom stereocenters. The molecule has 164 valence electrons. The van der Waals surface area contributed by atoms with Gasteiger partial charge >= 0.3 is 0 Å². The minimum Gasteiger partial charge on any atom is -0.493 e. The van der Waals surface area contributed by atoms with E-state index in [1.807, 2.05) is 30.0 Å². The zero-order valence-electron chi connectivity index (χ0n) is 17.9. The summed E-state index contributed by atoms with van der Waals surface area (Å²) in [6.07, 6.45) is 0. The molecule has 0 fully saturated rings. The summed E-state index contributed by atoms with van der Waals surface area (Å²) in [6.45, 7) is 1.79. The molecule has 0 saturated carbocycles. The van der Waals surface area contributed by atoms with E-state index in [4.69, 9.17) is 28.4 Å². The smallest absolute Gasteiger partial charge is 0.255 e. The van der Waals surface area contributed by atoms with E-state index in [0.717, 1.165) is 17.7 Å². The first-order valence-corrected chi connectivity index (χ1v) is 9.98. The number of carbonyl (C=O) groups excluding carboxylic acids is 1. The van der Waals surface area contributed by atoms with E-state index in [1.54, 1.807) is 20.3 Å². The Morgan fingerprint density at radius 3 is 2.10 bits per heavy atom. The second-order valence-corrected chi connectivity index (χ2v) is 7.77. The third-order valence-corrected chi connectivity index (χ3v) is 5.68. The molecule has 9 heteroatoms. The van der Waals surface area contributed by atoms with Crippen molar-refractivity contribution in [2.45, 2.75) is 6.54 Å². The van der Waals surface area contributed by atoms with E-state index in [2.05, 4.69) is 0 Å². The summed E-state index contributed by atoms with van der Waals surface area (Å²) < 4.78 is 34.1. The van der Waals surface area contributed by atoms with Crippen LogP contribution in [0.15, 0.2) is 12.1 Å². The van der Waals surface area contributed by atoms with Gasteiger partial charge < -0.3 is 38.2 Å². The summed E-state index contributed by atoms with van der Waals surface area (Å²) in [5.74, 6) is 2.92. The van der Waals surface area contributed by atoms with Crippen LogP contribution in [0.1, 0.15) is 15.9 Å². The fourth-order valence-electron chi connectivity index (χ4n) is 4.20. The summed E-state index contributed by atoms with van der Waals surface area (Å²) in [7, 11) is 7.09. The second kappa shape index (κ2) is 7.42. The molecule has 0 saturated heterocycles. The molecule has 1 amide bonds. The van der Waals surface area contributed by atoms with Crippen molar-refractivity contribution in [2.24, 2.45) is 0 Å². The second-order valence-electron chi connectivity index (χ2n) is 7.77. The first kappa shape index (κ1) is 19.6. The van der Waals surface area contributed by atoms with Crippen molar-refractivity contribution in [2.75, 3.05) is 55.0 Å². The molecular weight excluding hydrogens is 404 g/mol. The molecule has 0 aromatic heterocycles. The highest BCUT2D eigenvalue weighted by molar-refractivity contribution is 6.07. The molecule has 3 heterocycles. The van der Waals surface area contributed by atoms with Crippen molar-refractivity contribution < 1.29 is 33.2 Å². The van der Waals surface area contributed by atoms with Crippen LogP contribution in [0.25, 0.3) is 11.1 Å². The number of benzene rings is 2. The molecular formula is C22H24N2O7. The van der Waals surface area contributed by atoms with Gasteiger partial charge in [-0.1, -0.05) is 0 Å². The minimum absolute atomic E-state index is 0.0473. The lowest BCUT2D eigenvalue weighted by atomic mass is 9.93. The van der Waals surface area contributed by atoms with Gasteiger partial charge in [0.25, 0.3) is 5.91 Å². The lowest BCUT2D eigenvalue weighted by Crippen LogP contribution is -2.35. The summed E-state index contributed by atoms with van der Waals surface area (Å²) in [5.41, 5.74) is 2.75. The number of methoxy groups -OCH3 is 2. The van der Waals surface area contributed by atoms with Crippen LogP contribution in [-0.2, 0) is 6.54 Å². The quantitative estimate of drug-likeness (QED) is 0.718. The molecule has 0 radical (unpaired) electrons. The molecule has 5 rings (SSSR count). The highest BCUT2D eigenvalue weighted by Gasteiger charge is 2.39. The number of carbonyl (C=O) groups is 1. The minimum atomic E-state index is -0.115. The normalized spacial score (nSPS) is 15.6. The van der Waals surface area contributed by atoms with E-state index in [-0.39, 0.29) is 19.5 Å². The van der Waals surface area contributed by atoms with Crippen LogP contribution in [0.2, 0.25) is 0 Å². The van der Waals surface area contributed by atoms with Gasteiger partial charge in [0.1, 0.15) is 0 Å². The predicted octanol–water partition coefficient (Wildman–Crippen LogP) is 2.35. The number of ether oxygens (including phenoxy) is 6. The summed E-state index contributed by atoms with van der Waals surface area (Å²) >= 11 is 0. The Bertz CT molecular complexity index is 1070. The first-order valence-electron chi connectivity index (χ1n) is 9.98. The molecule has 31 heavy (non-hydrogen) atoms. The fraction of sp³-hybridized carbons (Fsp3) is 0.409. The summed E-state index contributed by atoms with van der Waals surface area (Å²) in [5, 5.41) is 0. The Morgan fingerprint density at radius 1 is 0.903 bits per heavy atom. The average Bonchev–Trinajstić information content (AvgIpc) is 3.42. The number of nitrogens with zero attached hydrogens (tertiary/aromatic N) is 2. The summed E-state index contributed by atoms with van der Waals surface area (Å²) in [6, 6.07) is 3.62. The third-order valence-electron chi connectivity index (χ3n) is 5.68. The Hall–Kier alpha value is -3.33. The van der Waals surface area contributed by atoms with E-state index >= 15 is 0 Å². The van der Waals surface area contributed by atoms with Gasteiger partial charge in [0.05, 0.1) is 19.8 Å². The van der Waals surface area contributed by atoms with Crippen molar-refractivity contribution in [3.05, 3.63) is 23.3 Å². The molecule has 2 aromatic rings. The van der Waals surface area contributed by atoms with Gasteiger partial charge in [-0.3, -0.25) is 4.79 Å². The maximum Gasteiger partial charge on any atom is 0.255 e. The Balaban J connectivity index is 1.80. The zero-order chi connectivity index (χ0) is 21.7. The lowest BCUT2D eigenvalue weighted by molar-refractivity contribution is 0.0735. The third kappa shape index (κ3) is 2.99. The number of amides is 1. The van der Waals surface area contributed by atoms with Crippen LogP contribution in [0, 0.1) is 0 Å². The fourth-order valence-corrected chi connectivity index (χ4v) is 4.20. The SMILES string of the molecule is COc1cc2c(c3c1OCO3)-c1c(cc(OC)c3c1OCO3)C(=O)N(CCN(C)C)C2. The molecule has 0 unspecified atom stereocenters. The highest BCUT2D eigenvalue weighted by Crippen LogP contribution is 2.57. The van der Waals surface area contributed by atoms with Gasteiger partial charge in [-0.15, -0.1) is 0 Å². The average molecular weight is 428 g/mol. The van der Waals surface area contributed by atoms with Crippen LogP contribution in [0.4, 0.5) is 0 Å². The topological polar surface area (TPSA) is 78.9 Å². The van der Waals surface area contributed by atoms with E-state index < -0.39 is 0 Å². The number of rotatable bonds is 5. The van der Waals surface area contributed by atoms with Crippen LogP contribution in [0.5, 0.6) is 34.5 Å². The van der Waals surface area contributed by atoms with Crippen LogP contribution in [-0.4, -0.2) is 70.7 Å². The number of fused-ring (bicyclic) bond motifs is 7. The van der Waals surface area contributed by atoms with Gasteiger partial charge in [0.15, 0.2) is 23.0 Å². The predicted molar refractivity (Wildman–Crippen MR) is 111 cm³/mol. The molecule has 9 nitrogen and oxygen atoms in total. The Morgan fingerprint density at radius 2 is 1.48 bits per heavy atom. The van der Waals surface area contributed by atoms with Crippen molar-refractivity contribution >= 4 is 5.91 Å². The van der Waals surface area contributed by atoms with Crippen molar-refractivity contribution in [3.63, 3.8) is 0 Å². The largest absolute Gasteiger partial charge is 0.493 e. The van der Waals surface area contributed by atoms with E-state index in [1.165, 1.54) is 0 Å². The molecule has 2 aromatic carbocycles. The highest BCUT2D eigenvalue weighted by atomic mass is 16.7. The van der Waals surface area contributed by atoms with Gasteiger partial charge in [-0.2, -0.15) is 0 Å². The Labute approximate surface area is 179 Å². The van der Waals surface area contributed by atoms with Crippen molar-refractivity contribution in [1.29, 1.82) is 0 Å². The molecule has 0 bridgehead atoms. The van der Waals surface area contributed by atoms with Crippen LogP contribution < -0.4 is 28.4 Å². The van der Waals surface area contributed by atoms with Gasteiger partial charge in [0, 0.05) is 30.8 Å². The molecule has 0 spiro atoms. The zero-order valence-corrected chi connectivity index (χ0v) is 17.9. The van der Waals surface area contributed by atoms with Crippen LogP contribution >= 0.6 is 0 Å². The number of hydrogen-bond donors (Lipinski definition) is 0. The van der Waals surface area contributed by atoms with Gasteiger partial charge in [-0.25, -0.2) is 0 Å². The number of hydrogen-bond acceptors (Lipinski definition) is 8. The molecule has 0 aliphatic carbocycles. The van der Waals surface area contributed by atoms with E-state index in [9.17, 15) is 4.79 Å². The van der Waals surface area contributed by atoms with E-state index in [0.29, 0.717) is 58.7 Å². The first-order chi connectivity index (χ1) is 15.0. The standard InChI is InChI=1S/C22H24N2O7/c1-23(2)5-6-24-9-12-7-14(26-3)18-20(30-10-28-18)16(12)17-13(22(24)25)8-15(27-4)19-21(17)31-11-29-19/h7-8H,5-6,9-11H2,1-4H3. The van der Waals surface area contributed by atoms with Gasteiger partial charge in [0.2, 0.25) is 25.1 Å². The van der Waals surface area contributed by atoms with Crippen molar-refractivity contribution in [1.82, 2.24) is 9.80 Å². The molecule has 3 aliphatic heterocycles. The van der Waals surface area contributed by atoms with Crippen molar-refractivity contribution in [3.8, 4) is 45.6 Å². The van der Waals surface area contributed by atoms with Crippen LogP contribution in [0.3, 0.4) is 0 Å². The molecule has 3 aliphatic rings. The maximum absolute atomic E-state index is 13.7.